The van der Waals surface area contributed by atoms with Gasteiger partial charge in [-0.05, 0) is 0 Å². The smallest absolute Gasteiger partial charge is 0.314 e. The second kappa shape index (κ2) is 15.9. The molecule has 0 spiro atoms. The maximum Gasteiger partial charge on any atom is 0.314 e. The Balaban J connectivity index is -0.000000138. The van der Waals surface area contributed by atoms with Crippen LogP contribution in [0, 0.1) is 0 Å². The molecule has 0 radical (unpaired) electrons. The van der Waals surface area contributed by atoms with Crippen molar-refractivity contribution in [3.63, 3.8) is 0 Å². The molecule has 0 aliphatic rings. The monoisotopic (exact) mass is 172 g/mol. The minimum atomic E-state index is -1.31. The van der Waals surface area contributed by atoms with Gasteiger partial charge >= 0.3 is 11.9 Å². The van der Waals surface area contributed by atoms with Gasteiger partial charge in [0.1, 0.15) is 6.42 Å². The quantitative estimate of drug-likeness (QED) is 0.186. The molecule has 0 amide bonds. The predicted molar refractivity (Wildman–Crippen MR) is 30.4 cm³/mol. The number of rotatable bonds is 2. The number of carbonyl (C=O) groups is 2. The van der Waals surface area contributed by atoms with Crippen LogP contribution < -0.4 is 0 Å². The lowest BCUT2D eigenvalue weighted by atomic mass is 10.5. The third-order valence-corrected chi connectivity index (χ3v) is 0.302. The minimum Gasteiger partial charge on any atom is -0.481 e. The molecule has 11 heavy (non-hydrogen) atoms. The average Bonchev–Trinajstić information content (AvgIpc) is 1.93. The summed E-state index contributed by atoms with van der Waals surface area (Å²) in [5, 5.41) is 39.4. The highest BCUT2D eigenvalue weighted by molar-refractivity contribution is 5.88. The van der Waals surface area contributed by atoms with Crippen LogP contribution in [0.4, 0.5) is 0 Å². The molecule has 0 rings (SSSR count). The lowest BCUT2D eigenvalue weighted by Crippen LogP contribution is -2.03. The molecule has 0 aromatic heterocycles. The first-order chi connectivity index (χ1) is 5.13. The van der Waals surface area contributed by atoms with Gasteiger partial charge in [-0.1, -0.05) is 0 Å². The predicted octanol–water partition coefficient (Wildman–Crippen LogP) is -0.419. The van der Waals surface area contributed by atoms with E-state index in [0.717, 1.165) is 0 Å². The zero-order valence-electron chi connectivity index (χ0n) is 5.21. The van der Waals surface area contributed by atoms with Gasteiger partial charge in [0.15, 0.2) is 0 Å². The van der Waals surface area contributed by atoms with Gasteiger partial charge in [0.25, 0.3) is 0 Å². The summed E-state index contributed by atoms with van der Waals surface area (Å²) in [6, 6.07) is 0. The van der Waals surface area contributed by atoms with E-state index in [0.29, 0.717) is 0 Å². The van der Waals surface area contributed by atoms with E-state index in [2.05, 4.69) is 0 Å². The molecular formula is C3H8O8. The highest BCUT2D eigenvalue weighted by Gasteiger charge is 2.01. The maximum atomic E-state index is 9.43. The summed E-state index contributed by atoms with van der Waals surface area (Å²) in [6.45, 7) is 0. The molecule has 0 aromatic rings. The van der Waals surface area contributed by atoms with E-state index < -0.39 is 18.4 Å². The molecule has 0 saturated carbocycles. The van der Waals surface area contributed by atoms with Crippen molar-refractivity contribution < 1.29 is 40.8 Å². The van der Waals surface area contributed by atoms with Crippen molar-refractivity contribution in [3.05, 3.63) is 0 Å². The zero-order valence-corrected chi connectivity index (χ0v) is 5.21. The summed E-state index contributed by atoms with van der Waals surface area (Å²) in [6.07, 6.45) is -0.806. The van der Waals surface area contributed by atoms with Crippen LogP contribution in [0.3, 0.4) is 0 Å². The van der Waals surface area contributed by atoms with Crippen LogP contribution in [-0.4, -0.2) is 43.2 Å². The maximum absolute atomic E-state index is 9.43. The fourth-order valence-electron chi connectivity index (χ4n) is 0.129. The molecular weight excluding hydrogens is 164 g/mol. The molecule has 0 atom stereocenters. The molecule has 0 saturated heterocycles. The van der Waals surface area contributed by atoms with Gasteiger partial charge in [-0.3, -0.25) is 30.6 Å². The number of hydrogen-bond donors (Lipinski definition) is 6. The molecule has 0 aliphatic heterocycles. The third kappa shape index (κ3) is 52.2. The lowest BCUT2D eigenvalue weighted by Gasteiger charge is -1.80. The van der Waals surface area contributed by atoms with Gasteiger partial charge in [-0.25, -0.2) is 0 Å². The van der Waals surface area contributed by atoms with E-state index in [1.165, 1.54) is 0 Å². The highest BCUT2D eigenvalue weighted by atomic mass is 17.0. The molecule has 8 heteroatoms. The van der Waals surface area contributed by atoms with E-state index >= 15 is 0 Å². The zero-order chi connectivity index (χ0) is 9.86. The molecule has 0 aromatic carbocycles. The van der Waals surface area contributed by atoms with Crippen molar-refractivity contribution >= 4 is 11.9 Å². The SMILES string of the molecule is O=C(O)CC(=O)O.OO.OO. The molecule has 8 nitrogen and oxygen atoms in total. The Kier molecular flexibility index (Phi) is 23.7. The largest absolute Gasteiger partial charge is 0.481 e. The van der Waals surface area contributed by atoms with Gasteiger partial charge in [-0.2, -0.15) is 0 Å². The van der Waals surface area contributed by atoms with Crippen molar-refractivity contribution in [3.8, 4) is 0 Å². The molecule has 0 bridgehead atoms. The Morgan fingerprint density at radius 3 is 1.00 bits per heavy atom. The summed E-state index contributed by atoms with van der Waals surface area (Å²) < 4.78 is 0. The number of carboxylic acids is 2. The fraction of sp³-hybridized carbons (Fsp3) is 0.333. The number of hydrogen-bond acceptors (Lipinski definition) is 6. The van der Waals surface area contributed by atoms with E-state index in [9.17, 15) is 9.59 Å². The molecule has 0 aliphatic carbocycles. The lowest BCUT2D eigenvalue weighted by molar-refractivity contribution is -0.176. The first kappa shape index (κ1) is 16.4. The van der Waals surface area contributed by atoms with Crippen LogP contribution in [0.25, 0.3) is 0 Å². The van der Waals surface area contributed by atoms with E-state index in [-0.39, 0.29) is 0 Å². The number of aliphatic carboxylic acids is 2. The first-order valence-electron chi connectivity index (χ1n) is 1.96. The van der Waals surface area contributed by atoms with Gasteiger partial charge in [-0.15, -0.1) is 0 Å². The second-order valence-electron chi connectivity index (χ2n) is 0.964. The van der Waals surface area contributed by atoms with Crippen LogP contribution in [0.15, 0.2) is 0 Å². The Morgan fingerprint density at radius 1 is 0.818 bits per heavy atom. The topological polar surface area (TPSA) is 156 Å². The van der Waals surface area contributed by atoms with Crippen molar-refractivity contribution in [1.82, 2.24) is 0 Å². The van der Waals surface area contributed by atoms with Crippen LogP contribution in [0.2, 0.25) is 0 Å². The van der Waals surface area contributed by atoms with Crippen molar-refractivity contribution in [2.24, 2.45) is 0 Å². The Morgan fingerprint density at radius 2 is 1.00 bits per heavy atom. The summed E-state index contributed by atoms with van der Waals surface area (Å²) >= 11 is 0. The average molecular weight is 172 g/mol. The van der Waals surface area contributed by atoms with Crippen molar-refractivity contribution in [1.29, 1.82) is 0 Å². The number of carboxylic acid groups (broad SMARTS) is 2. The van der Waals surface area contributed by atoms with Gasteiger partial charge < -0.3 is 10.2 Å². The first-order valence-corrected chi connectivity index (χ1v) is 1.96. The second-order valence-corrected chi connectivity index (χ2v) is 0.964. The van der Waals surface area contributed by atoms with Crippen LogP contribution >= 0.6 is 0 Å². The Bertz CT molecular complexity index is 85.5. The fourth-order valence-corrected chi connectivity index (χ4v) is 0.129. The van der Waals surface area contributed by atoms with Crippen LogP contribution in [0.5, 0.6) is 0 Å². The molecule has 0 fully saturated rings. The molecule has 0 heterocycles. The summed E-state index contributed by atoms with van der Waals surface area (Å²) in [5.74, 6) is -2.62. The van der Waals surface area contributed by atoms with Gasteiger partial charge in [0.05, 0.1) is 0 Å². The minimum absolute atomic E-state index is 0.806. The Hall–Kier alpha value is -1.22. The standard InChI is InChI=1S/C3H4O4.2H2O2/c4-2(5)1-3(6)7;2*1-2/h1H2,(H,4,5)(H,6,7);2*1-2H. The van der Waals surface area contributed by atoms with Crippen LogP contribution in [0.1, 0.15) is 6.42 Å². The molecule has 0 unspecified atom stereocenters. The normalized spacial score (nSPS) is 6.18. The highest BCUT2D eigenvalue weighted by Crippen LogP contribution is 1.74. The van der Waals surface area contributed by atoms with E-state index in [4.69, 9.17) is 31.2 Å². The van der Waals surface area contributed by atoms with Gasteiger partial charge in [0, 0.05) is 0 Å². The van der Waals surface area contributed by atoms with Crippen molar-refractivity contribution in [2.45, 2.75) is 6.42 Å². The van der Waals surface area contributed by atoms with Crippen molar-refractivity contribution in [2.75, 3.05) is 0 Å². The summed E-state index contributed by atoms with van der Waals surface area (Å²) in [7, 11) is 0. The summed E-state index contributed by atoms with van der Waals surface area (Å²) in [4.78, 5) is 18.9. The third-order valence-electron chi connectivity index (χ3n) is 0.302. The summed E-state index contributed by atoms with van der Waals surface area (Å²) in [5.41, 5.74) is 0. The van der Waals surface area contributed by atoms with Crippen LogP contribution in [-0.2, 0) is 9.59 Å². The Labute approximate surface area is 60.4 Å². The van der Waals surface area contributed by atoms with Gasteiger partial charge in [0.2, 0.25) is 0 Å². The molecule has 6 N–H and O–H groups in total. The van der Waals surface area contributed by atoms with E-state index in [1.54, 1.807) is 0 Å². The molecule has 68 valence electrons. The van der Waals surface area contributed by atoms with E-state index in [1.807, 2.05) is 0 Å².